The van der Waals surface area contributed by atoms with Crippen molar-refractivity contribution in [1.29, 1.82) is 0 Å². The van der Waals surface area contributed by atoms with Crippen molar-refractivity contribution in [2.24, 2.45) is 0 Å². The molecular formula is C14H17N3O2S. The van der Waals surface area contributed by atoms with E-state index in [4.69, 9.17) is 4.74 Å². The molecule has 0 amide bonds. The van der Waals surface area contributed by atoms with Crippen LogP contribution in [0.1, 0.15) is 21.1 Å². The van der Waals surface area contributed by atoms with E-state index in [0.29, 0.717) is 6.61 Å². The van der Waals surface area contributed by atoms with Gasteiger partial charge in [0.05, 0.1) is 13.2 Å². The highest BCUT2D eigenvalue weighted by Crippen LogP contribution is 2.25. The van der Waals surface area contributed by atoms with Crippen LogP contribution in [0.3, 0.4) is 0 Å². The number of ether oxygens (including phenoxy) is 1. The summed E-state index contributed by atoms with van der Waals surface area (Å²) in [5.74, 6) is 0.915. The van der Waals surface area contributed by atoms with Crippen LogP contribution in [-0.4, -0.2) is 33.4 Å². The fourth-order valence-corrected chi connectivity index (χ4v) is 3.08. The van der Waals surface area contributed by atoms with E-state index < -0.39 is 0 Å². The Hall–Kier alpha value is -1.50. The van der Waals surface area contributed by atoms with Crippen LogP contribution in [0.5, 0.6) is 5.75 Å². The van der Waals surface area contributed by atoms with Gasteiger partial charge < -0.3 is 9.84 Å². The van der Waals surface area contributed by atoms with Gasteiger partial charge in [-0.1, -0.05) is 6.07 Å². The van der Waals surface area contributed by atoms with Crippen molar-refractivity contribution >= 4 is 11.3 Å². The van der Waals surface area contributed by atoms with Gasteiger partial charge in [-0.05, 0) is 24.6 Å². The van der Waals surface area contributed by atoms with Gasteiger partial charge >= 0.3 is 0 Å². The van der Waals surface area contributed by atoms with E-state index in [1.165, 1.54) is 0 Å². The van der Waals surface area contributed by atoms with Crippen LogP contribution in [0.4, 0.5) is 0 Å². The number of aliphatic hydroxyl groups is 1. The van der Waals surface area contributed by atoms with Crippen LogP contribution < -0.4 is 4.74 Å². The van der Waals surface area contributed by atoms with E-state index in [0.717, 1.165) is 46.5 Å². The summed E-state index contributed by atoms with van der Waals surface area (Å²) in [6, 6.07) is 5.86. The molecular weight excluding hydrogens is 274 g/mol. The number of benzene rings is 1. The molecule has 20 heavy (non-hydrogen) atoms. The SMILES string of the molecule is Cc1nnc(CN2CCOc3ccc(CO)cc3C2)s1. The molecule has 5 nitrogen and oxygen atoms in total. The van der Waals surface area contributed by atoms with Gasteiger partial charge in [0, 0.05) is 18.7 Å². The molecule has 1 aliphatic heterocycles. The zero-order valence-corrected chi connectivity index (χ0v) is 12.2. The molecule has 0 spiro atoms. The summed E-state index contributed by atoms with van der Waals surface area (Å²) < 4.78 is 5.77. The van der Waals surface area contributed by atoms with Crippen LogP contribution in [0.2, 0.25) is 0 Å². The number of fused-ring (bicyclic) bond motifs is 1. The summed E-state index contributed by atoms with van der Waals surface area (Å²) in [5.41, 5.74) is 2.04. The van der Waals surface area contributed by atoms with Crippen LogP contribution in [0.25, 0.3) is 0 Å². The second-order valence-electron chi connectivity index (χ2n) is 4.87. The van der Waals surface area contributed by atoms with Crippen molar-refractivity contribution < 1.29 is 9.84 Å². The van der Waals surface area contributed by atoms with E-state index in [1.807, 2.05) is 25.1 Å². The zero-order valence-electron chi connectivity index (χ0n) is 11.4. The molecule has 0 saturated carbocycles. The monoisotopic (exact) mass is 291 g/mol. The van der Waals surface area contributed by atoms with E-state index in [9.17, 15) is 5.11 Å². The van der Waals surface area contributed by atoms with Gasteiger partial charge in [0.25, 0.3) is 0 Å². The lowest BCUT2D eigenvalue weighted by atomic mass is 10.1. The highest BCUT2D eigenvalue weighted by Gasteiger charge is 2.17. The molecule has 0 aliphatic carbocycles. The van der Waals surface area contributed by atoms with E-state index in [-0.39, 0.29) is 6.61 Å². The Balaban J connectivity index is 1.77. The standard InChI is InChI=1S/C14H17N3O2S/c1-10-15-16-14(20-10)8-17-4-5-19-13-3-2-11(9-18)6-12(13)7-17/h2-3,6,18H,4-5,7-9H2,1H3. The minimum atomic E-state index is 0.0584. The molecule has 0 fully saturated rings. The lowest BCUT2D eigenvalue weighted by Crippen LogP contribution is -2.25. The van der Waals surface area contributed by atoms with E-state index >= 15 is 0 Å². The number of nitrogens with zero attached hydrogens (tertiary/aromatic N) is 3. The van der Waals surface area contributed by atoms with Gasteiger partial charge in [0.2, 0.25) is 0 Å². The van der Waals surface area contributed by atoms with Crippen LogP contribution in [0.15, 0.2) is 18.2 Å². The number of hydrogen-bond acceptors (Lipinski definition) is 6. The Morgan fingerprint density at radius 3 is 3.05 bits per heavy atom. The maximum Gasteiger partial charge on any atom is 0.131 e. The highest BCUT2D eigenvalue weighted by atomic mass is 32.1. The first-order chi connectivity index (χ1) is 9.74. The summed E-state index contributed by atoms with van der Waals surface area (Å²) in [7, 11) is 0. The summed E-state index contributed by atoms with van der Waals surface area (Å²) in [4.78, 5) is 2.30. The number of aryl methyl sites for hydroxylation is 1. The number of hydrogen-bond donors (Lipinski definition) is 1. The molecule has 1 aliphatic rings. The van der Waals surface area contributed by atoms with Gasteiger partial charge in [0.15, 0.2) is 0 Å². The highest BCUT2D eigenvalue weighted by molar-refractivity contribution is 7.11. The third-order valence-electron chi connectivity index (χ3n) is 3.29. The Bertz CT molecular complexity index is 600. The lowest BCUT2D eigenvalue weighted by molar-refractivity contribution is 0.219. The number of aromatic nitrogens is 2. The third kappa shape index (κ3) is 2.98. The van der Waals surface area contributed by atoms with Gasteiger partial charge in [0.1, 0.15) is 22.4 Å². The fourth-order valence-electron chi connectivity index (χ4n) is 2.33. The Labute approximate surface area is 121 Å². The van der Waals surface area contributed by atoms with E-state index in [1.54, 1.807) is 11.3 Å². The molecule has 106 valence electrons. The Morgan fingerprint density at radius 2 is 2.30 bits per heavy atom. The first-order valence-corrected chi connectivity index (χ1v) is 7.43. The van der Waals surface area contributed by atoms with Gasteiger partial charge in [-0.3, -0.25) is 4.90 Å². The van der Waals surface area contributed by atoms with Gasteiger partial charge in [-0.15, -0.1) is 21.5 Å². The summed E-state index contributed by atoms with van der Waals surface area (Å²) in [5, 5.41) is 19.5. The van der Waals surface area contributed by atoms with Crippen molar-refractivity contribution in [3.05, 3.63) is 39.3 Å². The lowest BCUT2D eigenvalue weighted by Gasteiger charge is -2.17. The molecule has 2 aromatic rings. The maximum atomic E-state index is 9.24. The number of aliphatic hydroxyl groups excluding tert-OH is 1. The van der Waals surface area contributed by atoms with Crippen LogP contribution in [-0.2, 0) is 19.7 Å². The average molecular weight is 291 g/mol. The smallest absolute Gasteiger partial charge is 0.131 e. The molecule has 1 aromatic carbocycles. The molecule has 0 bridgehead atoms. The Morgan fingerprint density at radius 1 is 1.40 bits per heavy atom. The van der Waals surface area contributed by atoms with Crippen LogP contribution >= 0.6 is 11.3 Å². The van der Waals surface area contributed by atoms with Crippen LogP contribution in [0, 0.1) is 6.92 Å². The fraction of sp³-hybridized carbons (Fsp3) is 0.429. The minimum Gasteiger partial charge on any atom is -0.492 e. The molecule has 1 N–H and O–H groups in total. The first kappa shape index (κ1) is 13.5. The predicted octanol–water partition coefficient (Wildman–Crippen LogP) is 1.73. The molecule has 1 aromatic heterocycles. The van der Waals surface area contributed by atoms with Crippen molar-refractivity contribution in [2.45, 2.75) is 26.6 Å². The number of rotatable bonds is 3. The molecule has 0 radical (unpaired) electrons. The Kier molecular flexibility index (Phi) is 3.95. The van der Waals surface area contributed by atoms with Gasteiger partial charge in [-0.25, -0.2) is 0 Å². The molecule has 0 saturated heterocycles. The molecule has 0 unspecified atom stereocenters. The van der Waals surface area contributed by atoms with Gasteiger partial charge in [-0.2, -0.15) is 0 Å². The second-order valence-corrected chi connectivity index (χ2v) is 6.14. The van der Waals surface area contributed by atoms with Crippen molar-refractivity contribution in [2.75, 3.05) is 13.2 Å². The summed E-state index contributed by atoms with van der Waals surface area (Å²) >= 11 is 1.63. The second kappa shape index (κ2) is 5.87. The summed E-state index contributed by atoms with van der Waals surface area (Å²) in [6.07, 6.45) is 0. The molecule has 0 atom stereocenters. The third-order valence-corrected chi connectivity index (χ3v) is 4.12. The molecule has 3 rings (SSSR count). The van der Waals surface area contributed by atoms with Crippen molar-refractivity contribution in [3.8, 4) is 5.75 Å². The molecule has 2 heterocycles. The zero-order chi connectivity index (χ0) is 13.9. The van der Waals surface area contributed by atoms with Crippen molar-refractivity contribution in [1.82, 2.24) is 15.1 Å². The topological polar surface area (TPSA) is 58.5 Å². The maximum absolute atomic E-state index is 9.24. The van der Waals surface area contributed by atoms with E-state index in [2.05, 4.69) is 15.1 Å². The normalized spacial score (nSPS) is 15.5. The minimum absolute atomic E-state index is 0.0584. The summed E-state index contributed by atoms with van der Waals surface area (Å²) in [6.45, 7) is 5.16. The molecule has 6 heteroatoms. The average Bonchev–Trinajstić information content (AvgIpc) is 2.74. The van der Waals surface area contributed by atoms with Crippen molar-refractivity contribution in [3.63, 3.8) is 0 Å². The first-order valence-electron chi connectivity index (χ1n) is 6.61. The quantitative estimate of drug-likeness (QED) is 0.933. The largest absolute Gasteiger partial charge is 0.492 e. The predicted molar refractivity (Wildman–Crippen MR) is 76.6 cm³/mol.